The largest absolute Gasteiger partial charge is 0.508 e. The highest BCUT2D eigenvalue weighted by atomic mass is 16.3. The number of aromatic hydroxyl groups is 1. The Morgan fingerprint density at radius 1 is 1.47 bits per heavy atom. The van der Waals surface area contributed by atoms with Crippen LogP contribution in [0.1, 0.15) is 16.7 Å². The number of urea groups is 1. The first-order valence-electron chi connectivity index (χ1n) is 4.39. The van der Waals surface area contributed by atoms with E-state index in [1.165, 1.54) is 6.21 Å². The minimum atomic E-state index is -0.708. The second-order valence-electron chi connectivity index (χ2n) is 3.23. The second-order valence-corrected chi connectivity index (χ2v) is 3.23. The van der Waals surface area contributed by atoms with Crippen LogP contribution in [0.2, 0.25) is 0 Å². The molecule has 1 aromatic rings. The molecular weight excluding hydrogens is 194 g/mol. The van der Waals surface area contributed by atoms with Crippen LogP contribution in [0.4, 0.5) is 4.79 Å². The Morgan fingerprint density at radius 2 is 2.00 bits per heavy atom. The summed E-state index contributed by atoms with van der Waals surface area (Å²) in [4.78, 5) is 10.4. The average Bonchev–Trinajstić information content (AvgIpc) is 2.08. The molecule has 0 aromatic heterocycles. The molecule has 80 valence electrons. The Labute approximate surface area is 87.6 Å². The molecule has 1 rings (SSSR count). The Hall–Kier alpha value is -2.04. The number of phenolic OH excluding ortho intramolecular Hbond substituents is 1. The highest BCUT2D eigenvalue weighted by molar-refractivity contribution is 5.85. The van der Waals surface area contributed by atoms with Crippen molar-refractivity contribution in [1.29, 1.82) is 0 Å². The van der Waals surface area contributed by atoms with Crippen LogP contribution in [-0.2, 0) is 0 Å². The summed E-state index contributed by atoms with van der Waals surface area (Å²) >= 11 is 0. The zero-order valence-electron chi connectivity index (χ0n) is 8.61. The van der Waals surface area contributed by atoms with Gasteiger partial charge in [-0.05, 0) is 37.1 Å². The smallest absolute Gasteiger partial charge is 0.332 e. The van der Waals surface area contributed by atoms with E-state index in [-0.39, 0.29) is 5.75 Å². The average molecular weight is 207 g/mol. The maximum absolute atomic E-state index is 10.4. The van der Waals surface area contributed by atoms with Crippen molar-refractivity contribution in [2.45, 2.75) is 13.8 Å². The van der Waals surface area contributed by atoms with Crippen molar-refractivity contribution in [3.05, 3.63) is 28.8 Å². The van der Waals surface area contributed by atoms with Crippen LogP contribution in [0.25, 0.3) is 0 Å². The Balaban J connectivity index is 2.94. The van der Waals surface area contributed by atoms with Gasteiger partial charge in [0.2, 0.25) is 0 Å². The maximum Gasteiger partial charge on any atom is 0.332 e. The molecule has 1 aromatic carbocycles. The number of nitrogens with two attached hydrogens (primary N) is 1. The second kappa shape index (κ2) is 4.45. The fourth-order valence-corrected chi connectivity index (χ4v) is 1.32. The van der Waals surface area contributed by atoms with Gasteiger partial charge in [-0.1, -0.05) is 0 Å². The number of aryl methyl sites for hydroxylation is 2. The molecule has 0 spiro atoms. The summed E-state index contributed by atoms with van der Waals surface area (Å²) in [6, 6.07) is 2.54. The number of amides is 2. The third kappa shape index (κ3) is 2.98. The van der Waals surface area contributed by atoms with Gasteiger partial charge in [0, 0.05) is 5.56 Å². The number of phenols is 1. The van der Waals surface area contributed by atoms with E-state index in [9.17, 15) is 9.90 Å². The minimum absolute atomic E-state index is 0.213. The third-order valence-corrected chi connectivity index (χ3v) is 1.95. The summed E-state index contributed by atoms with van der Waals surface area (Å²) < 4.78 is 0. The van der Waals surface area contributed by atoms with Crippen molar-refractivity contribution < 1.29 is 9.90 Å². The zero-order valence-corrected chi connectivity index (χ0v) is 8.61. The van der Waals surface area contributed by atoms with E-state index in [1.54, 1.807) is 12.1 Å². The van der Waals surface area contributed by atoms with E-state index in [2.05, 4.69) is 10.5 Å². The Bertz CT molecular complexity index is 390. The molecule has 15 heavy (non-hydrogen) atoms. The molecule has 0 saturated carbocycles. The number of hydrogen-bond acceptors (Lipinski definition) is 3. The first kappa shape index (κ1) is 11.0. The van der Waals surface area contributed by atoms with Gasteiger partial charge >= 0.3 is 6.03 Å². The van der Waals surface area contributed by atoms with Crippen LogP contribution >= 0.6 is 0 Å². The summed E-state index contributed by atoms with van der Waals surface area (Å²) in [5.74, 6) is 0.213. The number of carbonyl (C=O) groups excluding carboxylic acids is 1. The summed E-state index contributed by atoms with van der Waals surface area (Å²) in [5.41, 5.74) is 9.57. The molecule has 0 atom stereocenters. The van der Waals surface area contributed by atoms with Crippen molar-refractivity contribution in [1.82, 2.24) is 5.43 Å². The van der Waals surface area contributed by atoms with Crippen molar-refractivity contribution in [3.63, 3.8) is 0 Å². The van der Waals surface area contributed by atoms with Gasteiger partial charge in [0.15, 0.2) is 0 Å². The minimum Gasteiger partial charge on any atom is -0.508 e. The Kier molecular flexibility index (Phi) is 3.28. The highest BCUT2D eigenvalue weighted by Crippen LogP contribution is 2.18. The number of rotatable bonds is 2. The molecule has 0 aliphatic heterocycles. The van der Waals surface area contributed by atoms with Crippen molar-refractivity contribution >= 4 is 12.2 Å². The molecular formula is C10H13N3O2. The standard InChI is InChI=1S/C10H13N3O2/c1-6-3-8(14)4-7(2)9(6)5-12-13-10(11)15/h3-5,14H,1-2H3,(H3,11,13,15). The molecule has 0 fully saturated rings. The van der Waals surface area contributed by atoms with E-state index in [0.29, 0.717) is 0 Å². The SMILES string of the molecule is Cc1cc(O)cc(C)c1C=NNC(N)=O. The molecule has 0 heterocycles. The van der Waals surface area contributed by atoms with Gasteiger partial charge in [0.1, 0.15) is 5.75 Å². The lowest BCUT2D eigenvalue weighted by molar-refractivity contribution is 0.249. The third-order valence-electron chi connectivity index (χ3n) is 1.95. The number of primary amides is 1. The predicted octanol–water partition coefficient (Wildman–Crippen LogP) is 1.01. The molecule has 4 N–H and O–H groups in total. The molecule has 0 aliphatic rings. The quantitative estimate of drug-likeness (QED) is 0.499. The summed E-state index contributed by atoms with van der Waals surface area (Å²) in [5, 5.41) is 13.0. The van der Waals surface area contributed by atoms with Crippen molar-refractivity contribution in [2.75, 3.05) is 0 Å². The lowest BCUT2D eigenvalue weighted by Gasteiger charge is -2.05. The van der Waals surface area contributed by atoms with E-state index in [4.69, 9.17) is 5.73 Å². The summed E-state index contributed by atoms with van der Waals surface area (Å²) in [6.07, 6.45) is 1.49. The van der Waals surface area contributed by atoms with E-state index >= 15 is 0 Å². The van der Waals surface area contributed by atoms with Gasteiger partial charge in [0.05, 0.1) is 6.21 Å². The molecule has 0 unspecified atom stereocenters. The molecule has 0 bridgehead atoms. The maximum atomic E-state index is 10.4. The van der Waals surface area contributed by atoms with Crippen LogP contribution in [-0.4, -0.2) is 17.4 Å². The van der Waals surface area contributed by atoms with Crippen LogP contribution in [0.5, 0.6) is 5.75 Å². The van der Waals surface area contributed by atoms with Gasteiger partial charge < -0.3 is 10.8 Å². The van der Waals surface area contributed by atoms with E-state index in [0.717, 1.165) is 16.7 Å². The summed E-state index contributed by atoms with van der Waals surface area (Å²) in [7, 11) is 0. The zero-order chi connectivity index (χ0) is 11.4. The predicted molar refractivity (Wildman–Crippen MR) is 57.9 cm³/mol. The molecule has 5 nitrogen and oxygen atoms in total. The number of nitrogens with one attached hydrogen (secondary N) is 1. The fourth-order valence-electron chi connectivity index (χ4n) is 1.32. The molecule has 0 radical (unpaired) electrons. The van der Waals surface area contributed by atoms with Crippen LogP contribution < -0.4 is 11.2 Å². The topological polar surface area (TPSA) is 87.7 Å². The number of hydrazone groups is 1. The monoisotopic (exact) mass is 207 g/mol. The number of carbonyl (C=O) groups is 1. The van der Waals surface area contributed by atoms with Crippen LogP contribution in [0.15, 0.2) is 17.2 Å². The number of benzene rings is 1. The lowest BCUT2D eigenvalue weighted by Crippen LogP contribution is -2.24. The Morgan fingerprint density at radius 3 is 2.47 bits per heavy atom. The van der Waals surface area contributed by atoms with Crippen LogP contribution in [0, 0.1) is 13.8 Å². The molecule has 0 saturated heterocycles. The summed E-state index contributed by atoms with van der Waals surface area (Å²) in [6.45, 7) is 3.69. The first-order valence-corrected chi connectivity index (χ1v) is 4.39. The van der Waals surface area contributed by atoms with Gasteiger partial charge in [0.25, 0.3) is 0 Å². The molecule has 0 aliphatic carbocycles. The lowest BCUT2D eigenvalue weighted by atomic mass is 10.0. The number of nitrogens with zero attached hydrogens (tertiary/aromatic N) is 1. The van der Waals surface area contributed by atoms with Gasteiger partial charge in [-0.25, -0.2) is 10.2 Å². The fraction of sp³-hybridized carbons (Fsp3) is 0.200. The van der Waals surface area contributed by atoms with Gasteiger partial charge in [-0.15, -0.1) is 0 Å². The van der Waals surface area contributed by atoms with E-state index < -0.39 is 6.03 Å². The molecule has 2 amide bonds. The normalized spacial score (nSPS) is 10.5. The number of hydrogen-bond donors (Lipinski definition) is 3. The van der Waals surface area contributed by atoms with Crippen molar-refractivity contribution in [2.24, 2.45) is 10.8 Å². The van der Waals surface area contributed by atoms with Crippen molar-refractivity contribution in [3.8, 4) is 5.75 Å². The highest BCUT2D eigenvalue weighted by Gasteiger charge is 2.02. The van der Waals surface area contributed by atoms with Gasteiger partial charge in [-0.3, -0.25) is 0 Å². The first-order chi connectivity index (χ1) is 7.00. The van der Waals surface area contributed by atoms with E-state index in [1.807, 2.05) is 13.8 Å². The van der Waals surface area contributed by atoms with Gasteiger partial charge in [-0.2, -0.15) is 5.10 Å². The van der Waals surface area contributed by atoms with Crippen LogP contribution in [0.3, 0.4) is 0 Å². The molecule has 5 heteroatoms.